The molecule has 0 fully saturated rings. The van der Waals surface area contributed by atoms with E-state index in [1.54, 1.807) is 12.1 Å². The molecule has 1 atom stereocenters. The molecule has 4 heteroatoms. The zero-order chi connectivity index (χ0) is 20.5. The fraction of sp³-hybridized carbons (Fsp3) is 0.160. The number of amides is 1. The number of aliphatic hydroxyl groups excluding tert-OH is 1. The Kier molecular flexibility index (Phi) is 4.93. The average Bonchev–Trinajstić information content (AvgIpc) is 3.00. The van der Waals surface area contributed by atoms with E-state index in [-0.39, 0.29) is 11.6 Å². The van der Waals surface area contributed by atoms with Gasteiger partial charge in [0.15, 0.2) is 5.76 Å². The maximum Gasteiger partial charge on any atom is 0.294 e. The van der Waals surface area contributed by atoms with Crippen molar-refractivity contribution in [1.29, 1.82) is 0 Å². The lowest BCUT2D eigenvalue weighted by molar-refractivity contribution is -0.117. The predicted octanol–water partition coefficient (Wildman–Crippen LogP) is 6.01. The Hall–Kier alpha value is -3.40. The molecular formula is C25H22FNO2. The van der Waals surface area contributed by atoms with Crippen LogP contribution in [-0.2, 0) is 4.79 Å². The monoisotopic (exact) mass is 387 g/mol. The van der Waals surface area contributed by atoms with Crippen molar-refractivity contribution in [2.45, 2.75) is 25.8 Å². The van der Waals surface area contributed by atoms with Gasteiger partial charge in [0.1, 0.15) is 5.82 Å². The van der Waals surface area contributed by atoms with Gasteiger partial charge in [0.2, 0.25) is 0 Å². The van der Waals surface area contributed by atoms with Crippen LogP contribution < -0.4 is 4.90 Å². The van der Waals surface area contributed by atoms with Crippen LogP contribution in [0.5, 0.6) is 0 Å². The summed E-state index contributed by atoms with van der Waals surface area (Å²) >= 11 is 0. The van der Waals surface area contributed by atoms with Gasteiger partial charge in [-0.2, -0.15) is 0 Å². The summed E-state index contributed by atoms with van der Waals surface area (Å²) in [6.07, 6.45) is 0. The molecule has 0 aromatic heterocycles. The molecule has 1 aliphatic rings. The highest BCUT2D eigenvalue weighted by atomic mass is 19.1. The third-order valence-electron chi connectivity index (χ3n) is 5.32. The van der Waals surface area contributed by atoms with Gasteiger partial charge in [0.05, 0.1) is 6.04 Å². The van der Waals surface area contributed by atoms with Crippen LogP contribution >= 0.6 is 0 Å². The highest BCUT2D eigenvalue weighted by Gasteiger charge is 2.41. The van der Waals surface area contributed by atoms with Crippen LogP contribution in [0.4, 0.5) is 10.1 Å². The minimum atomic E-state index is -0.503. The summed E-state index contributed by atoms with van der Waals surface area (Å²) in [4.78, 5) is 14.6. The van der Waals surface area contributed by atoms with Crippen LogP contribution in [0, 0.1) is 5.82 Å². The number of hydrogen-bond acceptors (Lipinski definition) is 2. The summed E-state index contributed by atoms with van der Waals surface area (Å²) in [6.45, 7) is 4.25. The second kappa shape index (κ2) is 7.55. The lowest BCUT2D eigenvalue weighted by Gasteiger charge is -2.27. The van der Waals surface area contributed by atoms with Gasteiger partial charge in [-0.3, -0.25) is 9.69 Å². The highest BCUT2D eigenvalue weighted by molar-refractivity contribution is 6.15. The van der Waals surface area contributed by atoms with Crippen LogP contribution in [0.25, 0.3) is 5.57 Å². The molecule has 1 aliphatic heterocycles. The number of rotatable bonds is 4. The zero-order valence-electron chi connectivity index (χ0n) is 16.3. The number of carbonyl (C=O) groups is 1. The van der Waals surface area contributed by atoms with E-state index in [0.717, 1.165) is 11.1 Å². The second-order valence-electron chi connectivity index (χ2n) is 7.50. The molecule has 1 amide bonds. The largest absolute Gasteiger partial charge is 0.503 e. The lowest BCUT2D eigenvalue weighted by Crippen LogP contribution is -2.30. The van der Waals surface area contributed by atoms with E-state index in [1.807, 2.05) is 54.6 Å². The maximum atomic E-state index is 13.5. The second-order valence-corrected chi connectivity index (χ2v) is 7.50. The Morgan fingerprint density at radius 2 is 1.52 bits per heavy atom. The molecule has 0 aliphatic carbocycles. The first-order valence-electron chi connectivity index (χ1n) is 9.65. The maximum absolute atomic E-state index is 13.5. The predicted molar refractivity (Wildman–Crippen MR) is 113 cm³/mol. The third-order valence-corrected chi connectivity index (χ3v) is 5.32. The molecule has 29 heavy (non-hydrogen) atoms. The van der Waals surface area contributed by atoms with E-state index in [4.69, 9.17) is 0 Å². The van der Waals surface area contributed by atoms with Crippen molar-refractivity contribution in [3.63, 3.8) is 0 Å². The van der Waals surface area contributed by atoms with Gasteiger partial charge in [-0.1, -0.05) is 68.4 Å². The highest BCUT2D eigenvalue weighted by Crippen LogP contribution is 2.45. The van der Waals surface area contributed by atoms with E-state index in [2.05, 4.69) is 13.8 Å². The van der Waals surface area contributed by atoms with E-state index >= 15 is 0 Å². The molecule has 1 N–H and O–H groups in total. The zero-order valence-corrected chi connectivity index (χ0v) is 16.3. The Morgan fingerprint density at radius 1 is 0.897 bits per heavy atom. The molecule has 4 rings (SSSR count). The van der Waals surface area contributed by atoms with E-state index in [0.29, 0.717) is 17.2 Å². The number of carbonyl (C=O) groups excluding carboxylic acids is 1. The topological polar surface area (TPSA) is 40.5 Å². The van der Waals surface area contributed by atoms with Crippen LogP contribution in [0.15, 0.2) is 84.6 Å². The Labute approximate surface area is 169 Å². The van der Waals surface area contributed by atoms with Crippen molar-refractivity contribution in [2.75, 3.05) is 4.90 Å². The SMILES string of the molecule is CC(C)c1ccc(C2C(c3ccccc3)=C(O)C(=O)N2c2ccc(F)cc2)cc1. The molecule has 3 aromatic rings. The molecule has 3 nitrogen and oxygen atoms in total. The number of halogens is 1. The van der Waals surface area contributed by atoms with Crippen molar-refractivity contribution in [1.82, 2.24) is 0 Å². The van der Waals surface area contributed by atoms with Gasteiger partial charge in [-0.15, -0.1) is 0 Å². The van der Waals surface area contributed by atoms with Gasteiger partial charge in [-0.05, 0) is 46.9 Å². The molecule has 0 saturated carbocycles. The molecule has 0 radical (unpaired) electrons. The average molecular weight is 387 g/mol. The smallest absolute Gasteiger partial charge is 0.294 e. The molecule has 1 heterocycles. The summed E-state index contributed by atoms with van der Waals surface area (Å²) in [5.41, 5.74) is 3.95. The number of anilines is 1. The van der Waals surface area contributed by atoms with Crippen LogP contribution in [-0.4, -0.2) is 11.0 Å². The summed E-state index contributed by atoms with van der Waals surface area (Å²) in [6, 6.07) is 22.7. The molecule has 0 bridgehead atoms. The van der Waals surface area contributed by atoms with Crippen molar-refractivity contribution in [3.8, 4) is 0 Å². The summed E-state index contributed by atoms with van der Waals surface area (Å²) in [5, 5.41) is 10.8. The van der Waals surface area contributed by atoms with E-state index in [1.165, 1.54) is 22.6 Å². The Morgan fingerprint density at radius 3 is 2.10 bits per heavy atom. The summed E-state index contributed by atoms with van der Waals surface area (Å²) < 4.78 is 13.5. The minimum Gasteiger partial charge on any atom is -0.503 e. The normalized spacial score (nSPS) is 16.8. The van der Waals surface area contributed by atoms with Gasteiger partial charge >= 0.3 is 0 Å². The Balaban J connectivity index is 1.87. The summed E-state index contributed by atoms with van der Waals surface area (Å²) in [7, 11) is 0. The quantitative estimate of drug-likeness (QED) is 0.596. The fourth-order valence-electron chi connectivity index (χ4n) is 3.76. The van der Waals surface area contributed by atoms with Crippen molar-refractivity contribution < 1.29 is 14.3 Å². The molecule has 0 spiro atoms. The molecule has 0 saturated heterocycles. The van der Waals surface area contributed by atoms with Crippen LogP contribution in [0.1, 0.15) is 42.5 Å². The first-order valence-corrected chi connectivity index (χ1v) is 9.65. The first-order chi connectivity index (χ1) is 14.0. The lowest BCUT2D eigenvalue weighted by atomic mass is 9.91. The number of aliphatic hydroxyl groups is 1. The van der Waals surface area contributed by atoms with Crippen molar-refractivity contribution in [3.05, 3.63) is 107 Å². The molecular weight excluding hydrogens is 365 g/mol. The number of hydrogen-bond donors (Lipinski definition) is 1. The van der Waals surface area contributed by atoms with Gasteiger partial charge in [0, 0.05) is 11.3 Å². The van der Waals surface area contributed by atoms with E-state index in [9.17, 15) is 14.3 Å². The third kappa shape index (κ3) is 3.42. The standard InChI is InChI=1S/C25H22FNO2/c1-16(2)17-8-10-19(11-9-17)23-22(18-6-4-3-5-7-18)24(28)25(29)27(23)21-14-12-20(26)13-15-21/h3-16,23,28H,1-2H3. The number of benzene rings is 3. The van der Waals surface area contributed by atoms with Crippen molar-refractivity contribution >= 4 is 17.2 Å². The van der Waals surface area contributed by atoms with Gasteiger partial charge in [-0.25, -0.2) is 4.39 Å². The molecule has 3 aromatic carbocycles. The van der Waals surface area contributed by atoms with E-state index < -0.39 is 11.9 Å². The minimum absolute atomic E-state index is 0.279. The van der Waals surface area contributed by atoms with Gasteiger partial charge in [0.25, 0.3) is 5.91 Å². The van der Waals surface area contributed by atoms with Crippen molar-refractivity contribution in [2.24, 2.45) is 0 Å². The Bertz CT molecular complexity index is 1050. The summed E-state index contributed by atoms with van der Waals surface area (Å²) in [5.74, 6) is -0.759. The molecule has 1 unspecified atom stereocenters. The van der Waals surface area contributed by atoms with Crippen LogP contribution in [0.3, 0.4) is 0 Å². The number of nitrogens with zero attached hydrogens (tertiary/aromatic N) is 1. The van der Waals surface area contributed by atoms with Crippen LogP contribution in [0.2, 0.25) is 0 Å². The first kappa shape index (κ1) is 18.9. The molecule has 146 valence electrons. The fourth-order valence-corrected chi connectivity index (χ4v) is 3.76. The van der Waals surface area contributed by atoms with Gasteiger partial charge < -0.3 is 5.11 Å².